The van der Waals surface area contributed by atoms with Gasteiger partial charge in [-0.15, -0.1) is 11.3 Å². The van der Waals surface area contributed by atoms with E-state index in [-0.39, 0.29) is 22.1 Å². The number of rotatable bonds is 11. The molecule has 0 aliphatic rings. The predicted octanol–water partition coefficient (Wildman–Crippen LogP) is 5.86. The molecular formula is C32H35N3O7S2. The lowest BCUT2D eigenvalue weighted by molar-refractivity contribution is -0.135. The van der Waals surface area contributed by atoms with Crippen molar-refractivity contribution in [2.24, 2.45) is 5.73 Å². The van der Waals surface area contributed by atoms with Crippen molar-refractivity contribution in [3.8, 4) is 16.9 Å². The van der Waals surface area contributed by atoms with Crippen LogP contribution in [0.2, 0.25) is 0 Å². The van der Waals surface area contributed by atoms with Gasteiger partial charge in [-0.25, -0.2) is 18.2 Å². The number of thiophene rings is 1. The lowest BCUT2D eigenvalue weighted by Crippen LogP contribution is -2.48. The highest BCUT2D eigenvalue weighted by molar-refractivity contribution is 7.94. The maximum atomic E-state index is 14.1. The number of amides is 1. The number of pyridine rings is 1. The molecule has 0 saturated carbocycles. The first-order valence-corrected chi connectivity index (χ1v) is 16.2. The number of carbonyl (C=O) groups is 2. The summed E-state index contributed by atoms with van der Waals surface area (Å²) in [5, 5.41) is 11.2. The molecule has 0 spiro atoms. The number of nitrogens with two attached hydrogens (primary N) is 1. The van der Waals surface area contributed by atoms with Gasteiger partial charge in [0.25, 0.3) is 0 Å². The van der Waals surface area contributed by atoms with Crippen LogP contribution in [0.4, 0.5) is 10.6 Å². The molecule has 2 aromatic carbocycles. The van der Waals surface area contributed by atoms with Crippen molar-refractivity contribution >= 4 is 39.1 Å². The second-order valence-electron chi connectivity index (χ2n) is 11.0. The van der Waals surface area contributed by atoms with E-state index in [1.807, 2.05) is 43.3 Å². The van der Waals surface area contributed by atoms with E-state index in [0.717, 1.165) is 33.1 Å². The highest BCUT2D eigenvalue weighted by atomic mass is 32.2. The third kappa shape index (κ3) is 7.44. The highest BCUT2D eigenvalue weighted by Crippen LogP contribution is 2.37. The van der Waals surface area contributed by atoms with Crippen LogP contribution < -0.4 is 15.4 Å². The molecule has 10 nitrogen and oxygen atoms in total. The third-order valence-corrected chi connectivity index (χ3v) is 10.1. The molecular weight excluding hydrogens is 603 g/mol. The molecule has 44 heavy (non-hydrogen) atoms. The number of aromatic nitrogens is 1. The molecule has 2 aromatic heterocycles. The molecule has 3 N–H and O–H groups in total. The largest absolute Gasteiger partial charge is 0.494 e. The minimum atomic E-state index is -4.23. The standard InChI is InChI=1S/C32H35N3O7S2/c1-5-41-25-10-6-9-24(19-25)23-16-14-22(15-17-23)20-32(33,44(39,40)29-13-8-18-43-29)26-11-7-12-27(34-26)35(21-28(36)37)30(38)42-31(2,3)4/h6-19H,5,20-21,33H2,1-4H3,(H,36,37). The number of benzene rings is 2. The van der Waals surface area contributed by atoms with E-state index in [2.05, 4.69) is 4.98 Å². The third-order valence-electron chi connectivity index (χ3n) is 6.49. The number of hydrogen-bond donors (Lipinski definition) is 2. The lowest BCUT2D eigenvalue weighted by atomic mass is 9.99. The Morgan fingerprint density at radius 2 is 1.68 bits per heavy atom. The normalized spacial score (nSPS) is 13.1. The summed E-state index contributed by atoms with van der Waals surface area (Å²) < 4.78 is 39.3. The molecule has 0 fully saturated rings. The Morgan fingerprint density at radius 3 is 2.30 bits per heavy atom. The van der Waals surface area contributed by atoms with E-state index < -0.39 is 38.9 Å². The van der Waals surface area contributed by atoms with E-state index in [0.29, 0.717) is 12.2 Å². The second kappa shape index (κ2) is 13.2. The fraction of sp³-hybridized carbons (Fsp3) is 0.281. The van der Waals surface area contributed by atoms with Crippen LogP contribution in [-0.4, -0.2) is 49.3 Å². The first kappa shape index (κ1) is 32.6. The summed E-state index contributed by atoms with van der Waals surface area (Å²) in [6.07, 6.45) is -1.11. The Morgan fingerprint density at radius 1 is 0.977 bits per heavy atom. The summed E-state index contributed by atoms with van der Waals surface area (Å²) in [4.78, 5) is 27.9. The molecule has 0 aliphatic carbocycles. The van der Waals surface area contributed by atoms with Crippen LogP contribution in [0.15, 0.2) is 88.5 Å². The average Bonchev–Trinajstić information content (AvgIpc) is 3.52. The van der Waals surface area contributed by atoms with Gasteiger partial charge >= 0.3 is 12.1 Å². The summed E-state index contributed by atoms with van der Waals surface area (Å²) in [6.45, 7) is 6.64. The van der Waals surface area contributed by atoms with Crippen molar-refractivity contribution < 1.29 is 32.6 Å². The van der Waals surface area contributed by atoms with Gasteiger partial charge in [-0.2, -0.15) is 0 Å². The van der Waals surface area contributed by atoms with Crippen LogP contribution >= 0.6 is 11.3 Å². The molecule has 4 rings (SSSR count). The molecule has 232 valence electrons. The smallest absolute Gasteiger partial charge is 0.416 e. The number of aliphatic carboxylic acids is 1. The zero-order valence-corrected chi connectivity index (χ0v) is 26.5. The fourth-order valence-corrected chi connectivity index (χ4v) is 7.40. The van der Waals surface area contributed by atoms with E-state index in [1.165, 1.54) is 24.3 Å². The number of anilines is 1. The molecule has 1 unspecified atom stereocenters. The molecule has 1 atom stereocenters. The maximum Gasteiger partial charge on any atom is 0.416 e. The van der Waals surface area contributed by atoms with Gasteiger partial charge in [-0.3, -0.25) is 9.69 Å². The van der Waals surface area contributed by atoms with Crippen molar-refractivity contribution in [3.63, 3.8) is 0 Å². The molecule has 0 radical (unpaired) electrons. The Bertz CT molecular complexity index is 1720. The Labute approximate surface area is 261 Å². The Kier molecular flexibility index (Phi) is 9.77. The van der Waals surface area contributed by atoms with Crippen LogP contribution in [0.25, 0.3) is 11.1 Å². The summed E-state index contributed by atoms with van der Waals surface area (Å²) in [5.74, 6) is -0.675. The molecule has 12 heteroatoms. The van der Waals surface area contributed by atoms with Gasteiger partial charge in [0.1, 0.15) is 27.9 Å². The van der Waals surface area contributed by atoms with E-state index in [4.69, 9.17) is 15.2 Å². The van der Waals surface area contributed by atoms with E-state index in [1.54, 1.807) is 44.4 Å². The van der Waals surface area contributed by atoms with Crippen LogP contribution in [0.3, 0.4) is 0 Å². The van der Waals surface area contributed by atoms with Gasteiger partial charge in [-0.05, 0) is 80.1 Å². The lowest BCUT2D eigenvalue weighted by Gasteiger charge is -2.30. The number of ether oxygens (including phenoxy) is 2. The summed E-state index contributed by atoms with van der Waals surface area (Å²) in [7, 11) is -4.23. The minimum Gasteiger partial charge on any atom is -0.494 e. The minimum absolute atomic E-state index is 0.0473. The Hall–Kier alpha value is -4.26. The number of nitrogens with zero attached hydrogens (tertiary/aromatic N) is 2. The maximum absolute atomic E-state index is 14.1. The molecule has 2 heterocycles. The first-order valence-electron chi connectivity index (χ1n) is 13.8. The molecule has 0 saturated heterocycles. The van der Waals surface area contributed by atoms with Crippen molar-refractivity contribution in [1.29, 1.82) is 0 Å². The highest BCUT2D eigenvalue weighted by Gasteiger charge is 2.45. The van der Waals surface area contributed by atoms with Gasteiger partial charge in [0.15, 0.2) is 4.87 Å². The van der Waals surface area contributed by atoms with E-state index >= 15 is 0 Å². The molecule has 0 bridgehead atoms. The van der Waals surface area contributed by atoms with Crippen LogP contribution in [-0.2, 0) is 30.7 Å². The number of carboxylic acids is 1. The van der Waals surface area contributed by atoms with Gasteiger partial charge in [-0.1, -0.05) is 48.5 Å². The van der Waals surface area contributed by atoms with Crippen molar-refractivity contribution in [2.75, 3.05) is 18.1 Å². The van der Waals surface area contributed by atoms with Crippen molar-refractivity contribution in [1.82, 2.24) is 4.98 Å². The van der Waals surface area contributed by atoms with Crippen LogP contribution in [0.1, 0.15) is 39.0 Å². The monoisotopic (exact) mass is 637 g/mol. The van der Waals surface area contributed by atoms with Crippen LogP contribution in [0, 0.1) is 0 Å². The number of carboxylic acid groups (broad SMARTS) is 1. The zero-order valence-electron chi connectivity index (χ0n) is 24.9. The average molecular weight is 638 g/mol. The van der Waals surface area contributed by atoms with Gasteiger partial charge in [0.2, 0.25) is 9.84 Å². The van der Waals surface area contributed by atoms with Gasteiger partial charge in [0, 0.05) is 6.42 Å². The summed E-state index contributed by atoms with van der Waals surface area (Å²) in [5.41, 5.74) is 8.35. The molecule has 4 aromatic rings. The molecule has 1 amide bonds. The quantitative estimate of drug-likeness (QED) is 0.206. The number of sulfone groups is 1. The Balaban J connectivity index is 1.77. The summed E-state index contributed by atoms with van der Waals surface area (Å²) >= 11 is 1.03. The second-order valence-corrected chi connectivity index (χ2v) is 14.4. The fourth-order valence-electron chi connectivity index (χ4n) is 4.47. The van der Waals surface area contributed by atoms with Crippen molar-refractivity contribution in [2.45, 2.75) is 48.8 Å². The topological polar surface area (TPSA) is 149 Å². The van der Waals surface area contributed by atoms with Crippen molar-refractivity contribution in [3.05, 3.63) is 95.5 Å². The van der Waals surface area contributed by atoms with Gasteiger partial charge in [0.05, 0.1) is 12.3 Å². The number of hydrogen-bond acceptors (Lipinski definition) is 9. The predicted molar refractivity (Wildman–Crippen MR) is 170 cm³/mol. The zero-order chi connectivity index (χ0) is 32.1. The summed E-state index contributed by atoms with van der Waals surface area (Å²) in [6, 6.07) is 22.4. The number of carbonyl (C=O) groups excluding carboxylic acids is 1. The van der Waals surface area contributed by atoms with Crippen LogP contribution in [0.5, 0.6) is 5.75 Å². The first-order chi connectivity index (χ1) is 20.7. The van der Waals surface area contributed by atoms with Gasteiger partial charge < -0.3 is 20.3 Å². The van der Waals surface area contributed by atoms with E-state index in [9.17, 15) is 23.1 Å². The molecule has 0 aliphatic heterocycles. The SMILES string of the molecule is CCOc1cccc(-c2ccc(CC(N)(c3cccc(N(CC(=O)O)C(=O)OC(C)(C)C)n3)S(=O)(=O)c3cccs3)cc2)c1.